The van der Waals surface area contributed by atoms with Gasteiger partial charge in [0.1, 0.15) is 10.5 Å². The second-order valence-electron chi connectivity index (χ2n) is 8.43. The summed E-state index contributed by atoms with van der Waals surface area (Å²) in [5, 5.41) is 6.42. The molecule has 30 heavy (non-hydrogen) atoms. The van der Waals surface area contributed by atoms with Gasteiger partial charge in [0.25, 0.3) is 5.91 Å². The average Bonchev–Trinajstić information content (AvgIpc) is 3.35. The quantitative estimate of drug-likeness (QED) is 0.570. The maximum Gasteiger partial charge on any atom is 0.264 e. The molecule has 0 unspecified atom stereocenters. The van der Waals surface area contributed by atoms with Gasteiger partial charge < -0.3 is 4.90 Å². The molecule has 0 spiro atoms. The van der Waals surface area contributed by atoms with Crippen LogP contribution in [0, 0.1) is 0 Å². The van der Waals surface area contributed by atoms with Gasteiger partial charge in [-0.25, -0.2) is 0 Å². The molecular weight excluding hydrogens is 416 g/mol. The van der Waals surface area contributed by atoms with Crippen molar-refractivity contribution >= 4 is 39.1 Å². The van der Waals surface area contributed by atoms with E-state index in [1.165, 1.54) is 32.1 Å². The van der Waals surface area contributed by atoms with Crippen LogP contribution in [-0.4, -0.2) is 57.7 Å². The summed E-state index contributed by atoms with van der Waals surface area (Å²) in [5.74, 6) is 0.154. The number of benzene rings is 1. The van der Waals surface area contributed by atoms with Crippen LogP contribution in [0.5, 0.6) is 0 Å². The fraction of sp³-hybridized carbons (Fsp3) is 0.478. The largest absolute Gasteiger partial charge is 0.335 e. The molecule has 5 nitrogen and oxygen atoms in total. The highest BCUT2D eigenvalue weighted by atomic mass is 35.5. The molecule has 1 saturated heterocycles. The Bertz CT molecular complexity index is 1040. The molecule has 3 heterocycles. The van der Waals surface area contributed by atoms with Crippen LogP contribution in [0.4, 0.5) is 0 Å². The Kier molecular flexibility index (Phi) is 5.56. The molecule has 1 amide bonds. The number of carbonyl (C=O) groups excluding carboxylic acids is 1. The van der Waals surface area contributed by atoms with Crippen molar-refractivity contribution in [3.8, 4) is 11.3 Å². The summed E-state index contributed by atoms with van der Waals surface area (Å²) < 4.78 is 1.88. The zero-order valence-corrected chi connectivity index (χ0v) is 18.9. The highest BCUT2D eigenvalue weighted by Crippen LogP contribution is 2.35. The Hall–Kier alpha value is -1.89. The van der Waals surface area contributed by atoms with E-state index in [-0.39, 0.29) is 5.91 Å². The fourth-order valence-electron chi connectivity index (χ4n) is 4.86. The van der Waals surface area contributed by atoms with Crippen LogP contribution >= 0.6 is 22.9 Å². The maximum absolute atomic E-state index is 13.2. The first-order valence-corrected chi connectivity index (χ1v) is 12.1. The Balaban J connectivity index is 1.33. The molecule has 1 aliphatic carbocycles. The molecule has 0 N–H and O–H groups in total. The van der Waals surface area contributed by atoms with Gasteiger partial charge in [-0.05, 0) is 31.0 Å². The second kappa shape index (κ2) is 8.33. The van der Waals surface area contributed by atoms with E-state index >= 15 is 0 Å². The van der Waals surface area contributed by atoms with Crippen molar-refractivity contribution in [3.05, 3.63) is 40.2 Å². The van der Waals surface area contributed by atoms with Crippen LogP contribution in [0.2, 0.25) is 5.02 Å². The lowest BCUT2D eigenvalue weighted by Crippen LogP contribution is -2.52. The lowest BCUT2D eigenvalue weighted by Gasteiger charge is -2.40. The number of halogens is 1. The third-order valence-corrected chi connectivity index (χ3v) is 7.97. The average molecular weight is 443 g/mol. The van der Waals surface area contributed by atoms with E-state index in [4.69, 9.17) is 11.6 Å². The molecule has 1 saturated carbocycles. The first-order valence-electron chi connectivity index (χ1n) is 10.9. The first-order chi connectivity index (χ1) is 14.6. The number of aryl methyl sites for hydroxylation is 1. The predicted octanol–water partition coefficient (Wildman–Crippen LogP) is 5.05. The summed E-state index contributed by atoms with van der Waals surface area (Å²) in [6.07, 6.45) is 6.74. The van der Waals surface area contributed by atoms with Gasteiger partial charge >= 0.3 is 0 Å². The second-order valence-corrected chi connectivity index (χ2v) is 9.90. The van der Waals surface area contributed by atoms with E-state index in [9.17, 15) is 4.79 Å². The van der Waals surface area contributed by atoms with Crippen LogP contribution in [0.3, 0.4) is 0 Å². The Morgan fingerprint density at radius 1 is 1.07 bits per heavy atom. The lowest BCUT2D eigenvalue weighted by atomic mass is 9.94. The number of hydrogen-bond acceptors (Lipinski definition) is 4. The number of amides is 1. The number of rotatable bonds is 3. The zero-order valence-electron chi connectivity index (χ0n) is 17.3. The molecule has 158 valence electrons. The van der Waals surface area contributed by atoms with Crippen molar-refractivity contribution < 1.29 is 4.79 Å². The number of hydrogen-bond donors (Lipinski definition) is 0. The molecule has 0 atom stereocenters. The molecule has 7 heteroatoms. The van der Waals surface area contributed by atoms with E-state index in [2.05, 4.69) is 10.00 Å². The van der Waals surface area contributed by atoms with Gasteiger partial charge in [0.2, 0.25) is 0 Å². The standard InChI is InChI=1S/C23H27ClN4OS/c1-26-23-19(21(25-26)16-7-9-17(24)10-8-16)15-20(30-23)22(29)28-13-11-27(12-14-28)18-5-3-2-4-6-18/h7-10,15,18H,2-6,11-14H2,1H3. The molecule has 1 aliphatic heterocycles. The number of fused-ring (bicyclic) bond motifs is 1. The lowest BCUT2D eigenvalue weighted by molar-refractivity contribution is 0.0527. The summed E-state index contributed by atoms with van der Waals surface area (Å²) in [7, 11) is 1.94. The van der Waals surface area contributed by atoms with Crippen LogP contribution in [-0.2, 0) is 7.05 Å². The number of piperazine rings is 1. The Morgan fingerprint density at radius 3 is 2.47 bits per heavy atom. The van der Waals surface area contributed by atoms with E-state index in [0.29, 0.717) is 5.02 Å². The summed E-state index contributed by atoms with van der Waals surface area (Å²) in [6, 6.07) is 10.5. The highest BCUT2D eigenvalue weighted by Gasteiger charge is 2.28. The molecule has 0 bridgehead atoms. The van der Waals surface area contributed by atoms with Crippen LogP contribution in [0.25, 0.3) is 21.5 Å². The molecule has 1 aromatic carbocycles. The predicted molar refractivity (Wildman–Crippen MR) is 123 cm³/mol. The molecule has 2 fully saturated rings. The number of nitrogens with zero attached hydrogens (tertiary/aromatic N) is 4. The third-order valence-electron chi connectivity index (χ3n) is 6.53. The van der Waals surface area contributed by atoms with Crippen molar-refractivity contribution in [2.45, 2.75) is 38.1 Å². The molecule has 5 rings (SSSR count). The summed E-state index contributed by atoms with van der Waals surface area (Å²) in [5.41, 5.74) is 1.92. The molecular formula is C23H27ClN4OS. The summed E-state index contributed by atoms with van der Waals surface area (Å²) in [4.78, 5) is 19.7. The van der Waals surface area contributed by atoms with E-state index in [0.717, 1.165) is 58.6 Å². The first kappa shape index (κ1) is 20.0. The molecule has 3 aromatic rings. The van der Waals surface area contributed by atoms with Gasteiger partial charge in [0.05, 0.1) is 4.88 Å². The van der Waals surface area contributed by atoms with Crippen LogP contribution in [0.1, 0.15) is 41.8 Å². The topological polar surface area (TPSA) is 41.4 Å². The monoisotopic (exact) mass is 442 g/mol. The van der Waals surface area contributed by atoms with Crippen molar-refractivity contribution in [1.82, 2.24) is 19.6 Å². The summed E-state index contributed by atoms with van der Waals surface area (Å²) in [6.45, 7) is 3.65. The highest BCUT2D eigenvalue weighted by molar-refractivity contribution is 7.20. The maximum atomic E-state index is 13.2. The molecule has 2 aliphatic rings. The van der Waals surface area contributed by atoms with Gasteiger partial charge in [0, 0.05) is 55.2 Å². The minimum Gasteiger partial charge on any atom is -0.335 e. The van der Waals surface area contributed by atoms with Gasteiger partial charge in [-0.3, -0.25) is 14.4 Å². The van der Waals surface area contributed by atoms with Crippen molar-refractivity contribution in [2.24, 2.45) is 7.05 Å². The molecule has 0 radical (unpaired) electrons. The van der Waals surface area contributed by atoms with Crippen LogP contribution in [0.15, 0.2) is 30.3 Å². The number of carbonyl (C=O) groups is 1. The normalized spacial score (nSPS) is 18.9. The number of aromatic nitrogens is 2. The Morgan fingerprint density at radius 2 is 1.77 bits per heavy atom. The fourth-order valence-corrected chi connectivity index (χ4v) is 6.03. The minimum atomic E-state index is 0.154. The van der Waals surface area contributed by atoms with Crippen molar-refractivity contribution in [2.75, 3.05) is 26.2 Å². The van der Waals surface area contributed by atoms with Gasteiger partial charge in [-0.2, -0.15) is 5.10 Å². The zero-order chi connectivity index (χ0) is 20.7. The van der Waals surface area contributed by atoms with E-state index < -0.39 is 0 Å². The molecule has 2 aromatic heterocycles. The smallest absolute Gasteiger partial charge is 0.264 e. The van der Waals surface area contributed by atoms with E-state index in [1.54, 1.807) is 11.3 Å². The van der Waals surface area contributed by atoms with E-state index in [1.807, 2.05) is 47.0 Å². The third kappa shape index (κ3) is 3.77. The van der Waals surface area contributed by atoms with Gasteiger partial charge in [-0.1, -0.05) is 43.0 Å². The Labute approximate surface area is 186 Å². The van der Waals surface area contributed by atoms with Crippen LogP contribution < -0.4 is 0 Å². The SMILES string of the molecule is Cn1nc(-c2ccc(Cl)cc2)c2cc(C(=O)N3CCN(C4CCCCC4)CC3)sc21. The van der Waals surface area contributed by atoms with Gasteiger partial charge in [-0.15, -0.1) is 11.3 Å². The number of thiophene rings is 1. The minimum absolute atomic E-state index is 0.154. The van der Waals surface area contributed by atoms with Gasteiger partial charge in [0.15, 0.2) is 0 Å². The van der Waals surface area contributed by atoms with Crippen molar-refractivity contribution in [3.63, 3.8) is 0 Å². The van der Waals surface area contributed by atoms with Crippen molar-refractivity contribution in [1.29, 1.82) is 0 Å². The summed E-state index contributed by atoms with van der Waals surface area (Å²) >= 11 is 7.58.